The van der Waals surface area contributed by atoms with Crippen molar-refractivity contribution in [2.24, 2.45) is 0 Å². The molecule has 6 nitrogen and oxygen atoms in total. The predicted octanol–water partition coefficient (Wildman–Crippen LogP) is 4.11. The van der Waals surface area contributed by atoms with Gasteiger partial charge in [-0.1, -0.05) is 25.1 Å². The van der Waals surface area contributed by atoms with E-state index in [-0.39, 0.29) is 5.91 Å². The number of nitrogens with zero attached hydrogens (tertiary/aromatic N) is 3. The summed E-state index contributed by atoms with van der Waals surface area (Å²) in [5.74, 6) is 1.41. The van der Waals surface area contributed by atoms with E-state index >= 15 is 0 Å². The number of rotatable bonds is 7. The van der Waals surface area contributed by atoms with Crippen LogP contribution >= 0.6 is 0 Å². The van der Waals surface area contributed by atoms with Crippen molar-refractivity contribution in [3.8, 4) is 11.5 Å². The summed E-state index contributed by atoms with van der Waals surface area (Å²) < 4.78 is 5.95. The summed E-state index contributed by atoms with van der Waals surface area (Å²) in [7, 11) is 0. The highest BCUT2D eigenvalue weighted by Gasteiger charge is 2.20. The number of benzene rings is 2. The molecule has 0 atom stereocenters. The van der Waals surface area contributed by atoms with Crippen molar-refractivity contribution in [1.29, 1.82) is 0 Å². The molecule has 1 fully saturated rings. The second-order valence-electron chi connectivity index (χ2n) is 7.95. The van der Waals surface area contributed by atoms with Crippen LogP contribution in [0.3, 0.4) is 0 Å². The van der Waals surface area contributed by atoms with Crippen LogP contribution in [0.15, 0.2) is 59.0 Å². The molecular weight excluding hydrogens is 388 g/mol. The van der Waals surface area contributed by atoms with Crippen molar-refractivity contribution in [2.45, 2.75) is 26.8 Å². The van der Waals surface area contributed by atoms with Crippen molar-refractivity contribution in [1.82, 2.24) is 15.2 Å². The number of hydrogen-bond acceptors (Lipinski definition) is 5. The molecule has 0 radical (unpaired) electrons. The number of para-hydroxylation sites is 1. The largest absolute Gasteiger partial charge is 0.441 e. The summed E-state index contributed by atoms with van der Waals surface area (Å²) in [6.07, 6.45) is 0.920. The quantitative estimate of drug-likeness (QED) is 0.626. The van der Waals surface area contributed by atoms with Gasteiger partial charge in [-0.15, -0.1) is 0 Å². The lowest BCUT2D eigenvalue weighted by molar-refractivity contribution is 0.0953. The van der Waals surface area contributed by atoms with Crippen LogP contribution in [0.2, 0.25) is 0 Å². The standard InChI is InChI=1S/C25H30N4O2/c1-3-13-26-24(30)20-9-11-21(12-10-20)25-27-23(19(2)31-25)18-28-14-16-29(17-15-28)22-7-5-4-6-8-22/h4-12H,3,13-18H2,1-2H3,(H,26,30). The van der Waals surface area contributed by atoms with E-state index < -0.39 is 0 Å². The summed E-state index contributed by atoms with van der Waals surface area (Å²) >= 11 is 0. The topological polar surface area (TPSA) is 61.6 Å². The van der Waals surface area contributed by atoms with E-state index in [0.29, 0.717) is 18.0 Å². The van der Waals surface area contributed by atoms with Crippen LogP contribution in [0, 0.1) is 6.92 Å². The number of carbonyl (C=O) groups excluding carboxylic acids is 1. The molecule has 2 aromatic carbocycles. The van der Waals surface area contributed by atoms with Gasteiger partial charge in [0.05, 0.1) is 5.69 Å². The SMILES string of the molecule is CCCNC(=O)c1ccc(-c2nc(CN3CCN(c4ccccc4)CC3)c(C)o2)cc1. The Morgan fingerprint density at radius 1 is 1.03 bits per heavy atom. The van der Waals surface area contributed by atoms with E-state index in [4.69, 9.17) is 9.40 Å². The molecule has 1 aliphatic heterocycles. The summed E-state index contributed by atoms with van der Waals surface area (Å²) in [5, 5.41) is 2.89. The minimum atomic E-state index is -0.0488. The fourth-order valence-electron chi connectivity index (χ4n) is 3.82. The average molecular weight is 419 g/mol. The smallest absolute Gasteiger partial charge is 0.251 e. The zero-order valence-electron chi connectivity index (χ0n) is 18.3. The molecule has 1 amide bonds. The Balaban J connectivity index is 1.36. The highest BCUT2D eigenvalue weighted by Crippen LogP contribution is 2.24. The molecule has 2 heterocycles. The number of amides is 1. The van der Waals surface area contributed by atoms with Crippen LogP contribution in [0.5, 0.6) is 0 Å². The van der Waals surface area contributed by atoms with Gasteiger partial charge >= 0.3 is 0 Å². The molecule has 0 unspecified atom stereocenters. The maximum atomic E-state index is 12.1. The Labute approximate surface area is 183 Å². The van der Waals surface area contributed by atoms with Gasteiger partial charge in [0.2, 0.25) is 5.89 Å². The van der Waals surface area contributed by atoms with E-state index in [9.17, 15) is 4.79 Å². The molecule has 0 bridgehead atoms. The summed E-state index contributed by atoms with van der Waals surface area (Å²) in [4.78, 5) is 21.7. The second kappa shape index (κ2) is 9.79. The molecule has 1 N–H and O–H groups in total. The first-order valence-corrected chi connectivity index (χ1v) is 11.0. The van der Waals surface area contributed by atoms with Crippen LogP contribution in [-0.2, 0) is 6.54 Å². The number of anilines is 1. The molecule has 1 aromatic heterocycles. The molecule has 6 heteroatoms. The minimum Gasteiger partial charge on any atom is -0.441 e. The lowest BCUT2D eigenvalue weighted by atomic mass is 10.1. The first-order chi connectivity index (χ1) is 15.1. The first kappa shape index (κ1) is 21.1. The number of aryl methyl sites for hydroxylation is 1. The molecule has 3 aromatic rings. The predicted molar refractivity (Wildman–Crippen MR) is 123 cm³/mol. The van der Waals surface area contributed by atoms with Crippen LogP contribution in [-0.4, -0.2) is 48.5 Å². The van der Waals surface area contributed by atoms with Gasteiger partial charge in [-0.2, -0.15) is 0 Å². The zero-order chi connectivity index (χ0) is 21.6. The second-order valence-corrected chi connectivity index (χ2v) is 7.95. The average Bonchev–Trinajstić information content (AvgIpc) is 3.18. The van der Waals surface area contributed by atoms with Crippen LogP contribution in [0.25, 0.3) is 11.5 Å². The monoisotopic (exact) mass is 418 g/mol. The molecule has 0 spiro atoms. The Bertz CT molecular complexity index is 990. The molecular formula is C25H30N4O2. The number of hydrogen-bond donors (Lipinski definition) is 1. The van der Waals surface area contributed by atoms with E-state index in [2.05, 4.69) is 45.4 Å². The van der Waals surface area contributed by atoms with Gasteiger partial charge in [0.1, 0.15) is 5.76 Å². The normalized spacial score (nSPS) is 14.6. The number of oxazole rings is 1. The van der Waals surface area contributed by atoms with Crippen LogP contribution in [0.4, 0.5) is 5.69 Å². The third-order valence-corrected chi connectivity index (χ3v) is 5.69. The van der Waals surface area contributed by atoms with Crippen molar-refractivity contribution >= 4 is 11.6 Å². The number of nitrogens with one attached hydrogen (secondary N) is 1. The van der Waals surface area contributed by atoms with Crippen molar-refractivity contribution in [3.05, 3.63) is 71.6 Å². The number of aromatic nitrogens is 1. The fraction of sp³-hybridized carbons (Fsp3) is 0.360. The number of carbonyl (C=O) groups is 1. The van der Waals surface area contributed by atoms with Crippen molar-refractivity contribution in [2.75, 3.05) is 37.6 Å². The zero-order valence-corrected chi connectivity index (χ0v) is 18.3. The van der Waals surface area contributed by atoms with Crippen molar-refractivity contribution < 1.29 is 9.21 Å². The minimum absolute atomic E-state index is 0.0488. The summed E-state index contributed by atoms with van der Waals surface area (Å²) in [5.41, 5.74) is 3.80. The highest BCUT2D eigenvalue weighted by molar-refractivity contribution is 5.94. The Hall–Kier alpha value is -3.12. The molecule has 0 saturated carbocycles. The molecule has 31 heavy (non-hydrogen) atoms. The van der Waals surface area contributed by atoms with Gasteiger partial charge < -0.3 is 14.6 Å². The lowest BCUT2D eigenvalue weighted by Crippen LogP contribution is -2.46. The van der Waals surface area contributed by atoms with Crippen LogP contribution in [0.1, 0.15) is 35.2 Å². The summed E-state index contributed by atoms with van der Waals surface area (Å²) in [6.45, 7) is 9.49. The van der Waals surface area contributed by atoms with Crippen molar-refractivity contribution in [3.63, 3.8) is 0 Å². The van der Waals surface area contributed by atoms with E-state index in [0.717, 1.165) is 56.2 Å². The fourth-order valence-corrected chi connectivity index (χ4v) is 3.82. The van der Waals surface area contributed by atoms with Gasteiger partial charge in [0, 0.05) is 56.1 Å². The van der Waals surface area contributed by atoms with Gasteiger partial charge in [0.15, 0.2) is 0 Å². The molecule has 1 saturated heterocycles. The molecule has 0 aliphatic carbocycles. The van der Waals surface area contributed by atoms with Gasteiger partial charge in [-0.05, 0) is 49.7 Å². The van der Waals surface area contributed by atoms with Gasteiger partial charge in [-0.3, -0.25) is 9.69 Å². The maximum absolute atomic E-state index is 12.1. The maximum Gasteiger partial charge on any atom is 0.251 e. The van der Waals surface area contributed by atoms with E-state index in [1.807, 2.05) is 38.1 Å². The molecule has 4 rings (SSSR count). The lowest BCUT2D eigenvalue weighted by Gasteiger charge is -2.35. The Morgan fingerprint density at radius 3 is 2.42 bits per heavy atom. The van der Waals surface area contributed by atoms with Gasteiger partial charge in [0.25, 0.3) is 5.91 Å². The Kier molecular flexibility index (Phi) is 6.67. The Morgan fingerprint density at radius 2 is 1.74 bits per heavy atom. The summed E-state index contributed by atoms with van der Waals surface area (Å²) in [6, 6.07) is 18.0. The highest BCUT2D eigenvalue weighted by atomic mass is 16.4. The third kappa shape index (κ3) is 5.14. The first-order valence-electron chi connectivity index (χ1n) is 11.0. The third-order valence-electron chi connectivity index (χ3n) is 5.69. The van der Waals surface area contributed by atoms with Gasteiger partial charge in [-0.25, -0.2) is 4.98 Å². The van der Waals surface area contributed by atoms with E-state index in [1.165, 1.54) is 5.69 Å². The van der Waals surface area contributed by atoms with E-state index in [1.54, 1.807) is 0 Å². The molecule has 1 aliphatic rings. The molecule has 162 valence electrons. The van der Waals surface area contributed by atoms with Crippen LogP contribution < -0.4 is 10.2 Å². The number of piperazine rings is 1.